The van der Waals surface area contributed by atoms with Crippen molar-refractivity contribution in [3.05, 3.63) is 81.5 Å². The summed E-state index contributed by atoms with van der Waals surface area (Å²) < 4.78 is 17.8. The van der Waals surface area contributed by atoms with Crippen LogP contribution in [-0.2, 0) is 32.2 Å². The predicted molar refractivity (Wildman–Crippen MR) is 116 cm³/mol. The topological polar surface area (TPSA) is 77.0 Å². The normalized spacial score (nSPS) is 18.4. The van der Waals surface area contributed by atoms with E-state index in [2.05, 4.69) is 21.2 Å². The van der Waals surface area contributed by atoms with Crippen LogP contribution in [-0.4, -0.2) is 37.6 Å². The molecule has 2 aromatic carbocycles. The van der Waals surface area contributed by atoms with Gasteiger partial charge in [0.05, 0.1) is 19.8 Å². The molecule has 0 spiro atoms. The average Bonchev–Trinajstić information content (AvgIpc) is 2.78. The number of aliphatic hydroxyl groups is 1. The van der Waals surface area contributed by atoms with Crippen molar-refractivity contribution >= 4 is 21.8 Å². The van der Waals surface area contributed by atoms with Gasteiger partial charge >= 0.3 is 0 Å². The maximum Gasteiger partial charge on any atom is 0.286 e. The van der Waals surface area contributed by atoms with Gasteiger partial charge in [0.15, 0.2) is 5.76 Å². The molecule has 0 aromatic heterocycles. The van der Waals surface area contributed by atoms with E-state index in [4.69, 9.17) is 19.3 Å². The summed E-state index contributed by atoms with van der Waals surface area (Å²) in [4.78, 5) is 12.5. The first-order chi connectivity index (χ1) is 14.6. The molecular formula is C23H26BrNO5. The smallest absolute Gasteiger partial charge is 0.286 e. The Morgan fingerprint density at radius 1 is 1.17 bits per heavy atom. The summed E-state index contributed by atoms with van der Waals surface area (Å²) in [6.45, 7) is 1.19. The van der Waals surface area contributed by atoms with Crippen LogP contribution in [0.25, 0.3) is 0 Å². The fourth-order valence-electron chi connectivity index (χ4n) is 3.14. The molecule has 0 fully saturated rings. The fraction of sp³-hybridized carbons (Fsp3) is 0.348. The first-order valence-corrected chi connectivity index (χ1v) is 10.6. The second kappa shape index (κ2) is 11.3. The Balaban J connectivity index is 1.70. The number of benzene rings is 2. The molecule has 0 bridgehead atoms. The molecule has 2 aromatic rings. The molecule has 1 heterocycles. The van der Waals surface area contributed by atoms with Crippen molar-refractivity contribution in [3.8, 4) is 0 Å². The predicted octanol–water partition coefficient (Wildman–Crippen LogP) is 3.63. The summed E-state index contributed by atoms with van der Waals surface area (Å²) in [5, 5.41) is 12.0. The SMILES string of the molecule is COCCNC(=O)C1=C[C@@H](c2ccc(Br)cc2)C[C@@H](OCc2ccc(CO)cc2)O1. The monoisotopic (exact) mass is 475 g/mol. The number of nitrogens with one attached hydrogen (secondary N) is 1. The van der Waals surface area contributed by atoms with Crippen LogP contribution in [0.3, 0.4) is 0 Å². The number of aliphatic hydroxyl groups excluding tert-OH is 1. The molecule has 0 aliphatic carbocycles. The molecule has 1 amide bonds. The number of carbonyl (C=O) groups excluding carboxylic acids is 1. The highest BCUT2D eigenvalue weighted by molar-refractivity contribution is 9.10. The van der Waals surface area contributed by atoms with Crippen LogP contribution in [0.2, 0.25) is 0 Å². The molecule has 0 saturated carbocycles. The van der Waals surface area contributed by atoms with E-state index in [9.17, 15) is 4.79 Å². The molecule has 0 radical (unpaired) electrons. The van der Waals surface area contributed by atoms with Crippen molar-refractivity contribution in [2.75, 3.05) is 20.3 Å². The highest BCUT2D eigenvalue weighted by Crippen LogP contribution is 2.32. The van der Waals surface area contributed by atoms with Crippen LogP contribution in [0.5, 0.6) is 0 Å². The van der Waals surface area contributed by atoms with Gasteiger partial charge in [-0.15, -0.1) is 0 Å². The van der Waals surface area contributed by atoms with Crippen LogP contribution in [0.4, 0.5) is 0 Å². The number of methoxy groups -OCH3 is 1. The number of hydrogen-bond acceptors (Lipinski definition) is 5. The lowest BCUT2D eigenvalue weighted by molar-refractivity contribution is -0.150. The lowest BCUT2D eigenvalue weighted by Crippen LogP contribution is -2.34. The van der Waals surface area contributed by atoms with Crippen molar-refractivity contribution in [3.63, 3.8) is 0 Å². The van der Waals surface area contributed by atoms with Gasteiger partial charge in [0, 0.05) is 30.5 Å². The van der Waals surface area contributed by atoms with E-state index < -0.39 is 6.29 Å². The van der Waals surface area contributed by atoms with E-state index >= 15 is 0 Å². The summed E-state index contributed by atoms with van der Waals surface area (Å²) in [6.07, 6.45) is 1.90. The van der Waals surface area contributed by atoms with E-state index in [0.29, 0.717) is 26.2 Å². The first-order valence-electron chi connectivity index (χ1n) is 9.80. The summed E-state index contributed by atoms with van der Waals surface area (Å²) in [5.41, 5.74) is 2.90. The van der Waals surface area contributed by atoms with E-state index in [0.717, 1.165) is 21.2 Å². The van der Waals surface area contributed by atoms with Crippen molar-refractivity contribution < 1.29 is 24.1 Å². The molecule has 1 aliphatic heterocycles. The molecular weight excluding hydrogens is 450 g/mol. The number of rotatable bonds is 9. The number of amides is 1. The molecule has 30 heavy (non-hydrogen) atoms. The van der Waals surface area contributed by atoms with Gasteiger partial charge in [0.2, 0.25) is 6.29 Å². The van der Waals surface area contributed by atoms with Crippen molar-refractivity contribution in [2.24, 2.45) is 0 Å². The molecule has 0 saturated heterocycles. The quantitative estimate of drug-likeness (QED) is 0.541. The van der Waals surface area contributed by atoms with Gasteiger partial charge in [-0.2, -0.15) is 0 Å². The maximum atomic E-state index is 12.5. The zero-order chi connectivity index (χ0) is 21.3. The number of carbonyl (C=O) groups is 1. The fourth-order valence-corrected chi connectivity index (χ4v) is 3.41. The third-order valence-electron chi connectivity index (χ3n) is 4.81. The van der Waals surface area contributed by atoms with E-state index in [1.165, 1.54) is 0 Å². The van der Waals surface area contributed by atoms with Gasteiger partial charge in [-0.25, -0.2) is 0 Å². The minimum Gasteiger partial charge on any atom is -0.459 e. The van der Waals surface area contributed by atoms with E-state index in [1.54, 1.807) is 7.11 Å². The molecule has 6 nitrogen and oxygen atoms in total. The number of hydrogen-bond donors (Lipinski definition) is 2. The summed E-state index contributed by atoms with van der Waals surface area (Å²) in [7, 11) is 1.59. The molecule has 3 rings (SSSR count). The second-order valence-corrected chi connectivity index (χ2v) is 7.92. The highest BCUT2D eigenvalue weighted by atomic mass is 79.9. The summed E-state index contributed by atoms with van der Waals surface area (Å²) in [5.74, 6) is -0.0301. The van der Waals surface area contributed by atoms with Crippen LogP contribution in [0.15, 0.2) is 64.8 Å². The molecule has 2 atom stereocenters. The van der Waals surface area contributed by atoms with Crippen LogP contribution in [0.1, 0.15) is 29.0 Å². The molecule has 2 N–H and O–H groups in total. The Morgan fingerprint density at radius 3 is 2.53 bits per heavy atom. The van der Waals surface area contributed by atoms with Crippen molar-refractivity contribution in [1.82, 2.24) is 5.32 Å². The van der Waals surface area contributed by atoms with Gasteiger partial charge in [-0.05, 0) is 34.9 Å². The van der Waals surface area contributed by atoms with E-state index in [-0.39, 0.29) is 24.2 Å². The Labute approximate surface area is 185 Å². The lowest BCUT2D eigenvalue weighted by atomic mass is 9.93. The molecule has 0 unspecified atom stereocenters. The van der Waals surface area contributed by atoms with Gasteiger partial charge in [0.25, 0.3) is 5.91 Å². The number of halogens is 1. The van der Waals surface area contributed by atoms with Crippen molar-refractivity contribution in [1.29, 1.82) is 0 Å². The van der Waals surface area contributed by atoms with Crippen LogP contribution < -0.4 is 5.32 Å². The van der Waals surface area contributed by atoms with Gasteiger partial charge < -0.3 is 24.6 Å². The Bertz CT molecular complexity index is 851. The first kappa shape index (κ1) is 22.5. The largest absolute Gasteiger partial charge is 0.459 e. The minimum absolute atomic E-state index is 0.00297. The van der Waals surface area contributed by atoms with Gasteiger partial charge in [-0.1, -0.05) is 52.3 Å². The highest BCUT2D eigenvalue weighted by Gasteiger charge is 2.28. The summed E-state index contributed by atoms with van der Waals surface area (Å²) in [6, 6.07) is 15.6. The standard InChI is InChI=1S/C23H26BrNO5/c1-28-11-10-25-23(27)21-12-19(18-6-8-20(24)9-7-18)13-22(30-21)29-15-17-4-2-16(14-26)3-5-17/h2-9,12,19,22,26H,10-11,13-15H2,1H3,(H,25,27)/t19-,22+/m1/s1. The third kappa shape index (κ3) is 6.40. The van der Waals surface area contributed by atoms with Gasteiger partial charge in [-0.3, -0.25) is 4.79 Å². The number of ether oxygens (including phenoxy) is 3. The molecule has 7 heteroatoms. The lowest BCUT2D eigenvalue weighted by Gasteiger charge is -2.29. The summed E-state index contributed by atoms with van der Waals surface area (Å²) >= 11 is 3.46. The minimum atomic E-state index is -0.552. The van der Waals surface area contributed by atoms with Crippen LogP contribution in [0, 0.1) is 0 Å². The zero-order valence-corrected chi connectivity index (χ0v) is 18.4. The molecule has 160 valence electrons. The Hall–Kier alpha value is -2.19. The zero-order valence-electron chi connectivity index (χ0n) is 16.8. The Kier molecular flexibility index (Phi) is 8.45. The second-order valence-electron chi connectivity index (χ2n) is 7.01. The average molecular weight is 476 g/mol. The van der Waals surface area contributed by atoms with E-state index in [1.807, 2.05) is 54.6 Å². The third-order valence-corrected chi connectivity index (χ3v) is 5.34. The molecule has 1 aliphatic rings. The Morgan fingerprint density at radius 2 is 1.87 bits per heavy atom. The van der Waals surface area contributed by atoms with Gasteiger partial charge in [0.1, 0.15) is 0 Å². The maximum absolute atomic E-state index is 12.5. The van der Waals surface area contributed by atoms with Crippen LogP contribution >= 0.6 is 15.9 Å². The number of allylic oxidation sites excluding steroid dienone is 1. The van der Waals surface area contributed by atoms with Crippen molar-refractivity contribution in [2.45, 2.75) is 31.8 Å².